The summed E-state index contributed by atoms with van der Waals surface area (Å²) in [4.78, 5) is 11.8. The molecule has 2 saturated carbocycles. The van der Waals surface area contributed by atoms with E-state index in [0.29, 0.717) is 12.6 Å². The van der Waals surface area contributed by atoms with Crippen molar-refractivity contribution in [2.24, 2.45) is 11.3 Å². The van der Waals surface area contributed by atoms with Crippen LogP contribution < -0.4 is 5.32 Å². The molecule has 0 heterocycles. The molecule has 0 saturated heterocycles. The van der Waals surface area contributed by atoms with Gasteiger partial charge in [0.05, 0.1) is 18.6 Å². The number of carbonyl (C=O) groups excluding carboxylic acids is 1. The smallest absolute Gasteiger partial charge is 0.308 e. The lowest BCUT2D eigenvalue weighted by Crippen LogP contribution is -2.39. The van der Waals surface area contributed by atoms with Gasteiger partial charge in [-0.2, -0.15) is 0 Å². The summed E-state index contributed by atoms with van der Waals surface area (Å²) in [5.74, 6) is 0.0434. The van der Waals surface area contributed by atoms with E-state index in [-0.39, 0.29) is 23.4 Å². The normalized spacial score (nSPS) is 26.6. The van der Waals surface area contributed by atoms with E-state index < -0.39 is 0 Å². The Balaban J connectivity index is 1.46. The van der Waals surface area contributed by atoms with E-state index in [0.717, 1.165) is 50.6 Å². The fourth-order valence-electron chi connectivity index (χ4n) is 3.84. The van der Waals surface area contributed by atoms with Crippen LogP contribution in [0.4, 0.5) is 0 Å². The molecule has 4 nitrogen and oxygen atoms in total. The molecule has 24 heavy (non-hydrogen) atoms. The van der Waals surface area contributed by atoms with E-state index in [4.69, 9.17) is 4.74 Å². The van der Waals surface area contributed by atoms with Gasteiger partial charge in [-0.1, -0.05) is 30.3 Å². The summed E-state index contributed by atoms with van der Waals surface area (Å²) in [6.07, 6.45) is 5.61. The lowest BCUT2D eigenvalue weighted by atomic mass is 9.85. The van der Waals surface area contributed by atoms with Gasteiger partial charge in [-0.05, 0) is 51.0 Å². The first kappa shape index (κ1) is 17.4. The predicted molar refractivity (Wildman–Crippen MR) is 93.5 cm³/mol. The topological polar surface area (TPSA) is 58.6 Å². The van der Waals surface area contributed by atoms with Gasteiger partial charge < -0.3 is 15.2 Å². The van der Waals surface area contributed by atoms with Gasteiger partial charge in [0.15, 0.2) is 0 Å². The lowest BCUT2D eigenvalue weighted by Gasteiger charge is -2.31. The summed E-state index contributed by atoms with van der Waals surface area (Å²) >= 11 is 0. The van der Waals surface area contributed by atoms with E-state index in [9.17, 15) is 9.90 Å². The first-order valence-corrected chi connectivity index (χ1v) is 9.27. The standard InChI is InChI=1S/C20H29NO3/c1-2-24-19(23)16-8-10-17(11-9-16)21-14-20(12-13-20)18(22)15-6-4-3-5-7-15/h3-7,16-18,21-22H,2,8-14H2,1H3. The van der Waals surface area contributed by atoms with Crippen molar-refractivity contribution in [3.05, 3.63) is 35.9 Å². The minimum Gasteiger partial charge on any atom is -0.466 e. The van der Waals surface area contributed by atoms with E-state index >= 15 is 0 Å². The second-order valence-electron chi connectivity index (χ2n) is 7.36. The molecule has 1 unspecified atom stereocenters. The van der Waals surface area contributed by atoms with Crippen molar-refractivity contribution in [3.63, 3.8) is 0 Å². The van der Waals surface area contributed by atoms with Gasteiger partial charge >= 0.3 is 5.97 Å². The van der Waals surface area contributed by atoms with Crippen molar-refractivity contribution in [3.8, 4) is 0 Å². The summed E-state index contributed by atoms with van der Waals surface area (Å²) in [5, 5.41) is 14.4. The molecule has 132 valence electrons. The molecular formula is C20H29NO3. The first-order chi connectivity index (χ1) is 11.6. The monoisotopic (exact) mass is 331 g/mol. The number of rotatable bonds is 7. The molecule has 2 N–H and O–H groups in total. The van der Waals surface area contributed by atoms with Gasteiger partial charge in [-0.25, -0.2) is 0 Å². The molecular weight excluding hydrogens is 302 g/mol. The molecule has 2 aliphatic carbocycles. The Kier molecular flexibility index (Phi) is 5.57. The van der Waals surface area contributed by atoms with Gasteiger partial charge in [0, 0.05) is 18.0 Å². The number of aliphatic hydroxyl groups is 1. The minimum atomic E-state index is -0.387. The minimum absolute atomic E-state index is 0.000652. The Morgan fingerprint density at radius 3 is 2.50 bits per heavy atom. The summed E-state index contributed by atoms with van der Waals surface area (Å²) in [6.45, 7) is 3.19. The molecule has 1 aromatic carbocycles. The largest absolute Gasteiger partial charge is 0.466 e. The number of nitrogens with one attached hydrogen (secondary N) is 1. The Morgan fingerprint density at radius 2 is 1.92 bits per heavy atom. The van der Waals surface area contributed by atoms with Crippen LogP contribution in [0.15, 0.2) is 30.3 Å². The number of carbonyl (C=O) groups is 1. The van der Waals surface area contributed by atoms with Crippen molar-refractivity contribution in [2.75, 3.05) is 13.2 Å². The molecule has 0 radical (unpaired) electrons. The highest BCUT2D eigenvalue weighted by atomic mass is 16.5. The van der Waals surface area contributed by atoms with Crippen LogP contribution in [0.2, 0.25) is 0 Å². The van der Waals surface area contributed by atoms with Crippen LogP contribution in [0.1, 0.15) is 57.1 Å². The van der Waals surface area contributed by atoms with E-state index in [1.807, 2.05) is 37.3 Å². The molecule has 0 spiro atoms. The highest BCUT2D eigenvalue weighted by Gasteiger charge is 2.49. The average molecular weight is 331 g/mol. The summed E-state index contributed by atoms with van der Waals surface area (Å²) < 4.78 is 5.13. The van der Waals surface area contributed by atoms with Gasteiger partial charge in [-0.15, -0.1) is 0 Å². The van der Waals surface area contributed by atoms with Crippen molar-refractivity contribution in [2.45, 2.75) is 57.6 Å². The first-order valence-electron chi connectivity index (χ1n) is 9.27. The molecule has 4 heteroatoms. The molecule has 0 bridgehead atoms. The summed E-state index contributed by atoms with van der Waals surface area (Å²) in [7, 11) is 0. The Bertz CT molecular complexity index is 533. The second-order valence-corrected chi connectivity index (χ2v) is 7.36. The zero-order valence-electron chi connectivity index (χ0n) is 14.5. The third-order valence-electron chi connectivity index (χ3n) is 5.68. The van der Waals surface area contributed by atoms with Crippen molar-refractivity contribution in [1.82, 2.24) is 5.32 Å². The SMILES string of the molecule is CCOC(=O)C1CCC(NCC2(C(O)c3ccccc3)CC2)CC1. The molecule has 1 aromatic rings. The number of ether oxygens (including phenoxy) is 1. The number of benzene rings is 1. The third-order valence-corrected chi connectivity index (χ3v) is 5.68. The van der Waals surface area contributed by atoms with Crippen LogP contribution in [0.5, 0.6) is 0 Å². The molecule has 2 fully saturated rings. The van der Waals surface area contributed by atoms with Crippen molar-refractivity contribution >= 4 is 5.97 Å². The van der Waals surface area contributed by atoms with Crippen molar-refractivity contribution in [1.29, 1.82) is 0 Å². The molecule has 0 aromatic heterocycles. The Hall–Kier alpha value is -1.39. The van der Waals surface area contributed by atoms with E-state index in [1.54, 1.807) is 0 Å². The average Bonchev–Trinajstić information content (AvgIpc) is 3.42. The molecule has 0 amide bonds. The van der Waals surface area contributed by atoms with Crippen LogP contribution in [-0.2, 0) is 9.53 Å². The van der Waals surface area contributed by atoms with Gasteiger partial charge in [0.25, 0.3) is 0 Å². The zero-order chi connectivity index (χ0) is 17.0. The summed E-state index contributed by atoms with van der Waals surface area (Å²) in [6, 6.07) is 10.4. The van der Waals surface area contributed by atoms with Crippen LogP contribution >= 0.6 is 0 Å². The molecule has 1 atom stereocenters. The number of hydrogen-bond acceptors (Lipinski definition) is 4. The zero-order valence-corrected chi connectivity index (χ0v) is 14.5. The molecule has 0 aliphatic heterocycles. The van der Waals surface area contributed by atoms with Crippen LogP contribution in [0.25, 0.3) is 0 Å². The number of esters is 1. The second kappa shape index (κ2) is 7.66. The molecule has 3 rings (SSSR count). The third kappa shape index (κ3) is 3.98. The number of hydrogen-bond donors (Lipinski definition) is 2. The van der Waals surface area contributed by atoms with E-state index in [1.165, 1.54) is 0 Å². The Morgan fingerprint density at radius 1 is 1.25 bits per heavy atom. The quantitative estimate of drug-likeness (QED) is 0.753. The van der Waals surface area contributed by atoms with Gasteiger partial charge in [0.1, 0.15) is 0 Å². The predicted octanol–water partition coefficient (Wildman–Crippen LogP) is 3.21. The maximum atomic E-state index is 11.8. The fourth-order valence-corrected chi connectivity index (χ4v) is 3.84. The summed E-state index contributed by atoms with van der Waals surface area (Å²) in [5.41, 5.74) is 1.02. The lowest BCUT2D eigenvalue weighted by molar-refractivity contribution is -0.149. The van der Waals surface area contributed by atoms with Crippen LogP contribution in [-0.4, -0.2) is 30.3 Å². The maximum absolute atomic E-state index is 11.8. The van der Waals surface area contributed by atoms with Crippen LogP contribution in [0.3, 0.4) is 0 Å². The van der Waals surface area contributed by atoms with Crippen molar-refractivity contribution < 1.29 is 14.6 Å². The maximum Gasteiger partial charge on any atom is 0.308 e. The molecule has 2 aliphatic rings. The number of aliphatic hydroxyl groups excluding tert-OH is 1. The Labute approximate surface area is 144 Å². The van der Waals surface area contributed by atoms with Gasteiger partial charge in [-0.3, -0.25) is 4.79 Å². The fraction of sp³-hybridized carbons (Fsp3) is 0.650. The van der Waals surface area contributed by atoms with Gasteiger partial charge in [0.2, 0.25) is 0 Å². The highest BCUT2D eigenvalue weighted by molar-refractivity contribution is 5.72. The van der Waals surface area contributed by atoms with Crippen LogP contribution in [0, 0.1) is 11.3 Å². The highest BCUT2D eigenvalue weighted by Crippen LogP contribution is 2.54. The van der Waals surface area contributed by atoms with E-state index in [2.05, 4.69) is 5.32 Å².